The highest BCUT2D eigenvalue weighted by atomic mass is 35.5. The number of halogens is 1. The molecular formula is C19H16ClN3O2. The van der Waals surface area contributed by atoms with Crippen molar-refractivity contribution in [3.8, 4) is 5.75 Å². The number of para-hydroxylation sites is 2. The third kappa shape index (κ3) is 3.95. The smallest absolute Gasteiger partial charge is 0.275 e. The summed E-state index contributed by atoms with van der Waals surface area (Å²) in [5.41, 5.74) is 4.33. The van der Waals surface area contributed by atoms with E-state index in [4.69, 9.17) is 16.3 Å². The third-order valence-corrected chi connectivity index (χ3v) is 3.81. The minimum Gasteiger partial charge on any atom is -0.493 e. The van der Waals surface area contributed by atoms with Crippen LogP contribution in [0.2, 0.25) is 5.15 Å². The normalized spacial score (nSPS) is 11.0. The monoisotopic (exact) mass is 353 g/mol. The Hall–Kier alpha value is -2.92. The number of benzene rings is 2. The number of pyridine rings is 1. The Kier molecular flexibility index (Phi) is 5.26. The number of hydrogen-bond donors (Lipinski definition) is 1. The predicted molar refractivity (Wildman–Crippen MR) is 99.4 cm³/mol. The van der Waals surface area contributed by atoms with Crippen LogP contribution in [0.25, 0.3) is 10.9 Å². The first-order valence-electron chi connectivity index (χ1n) is 7.79. The van der Waals surface area contributed by atoms with Crippen molar-refractivity contribution in [3.63, 3.8) is 0 Å². The third-order valence-electron chi connectivity index (χ3n) is 3.51. The summed E-state index contributed by atoms with van der Waals surface area (Å²) >= 11 is 6.17. The van der Waals surface area contributed by atoms with Crippen LogP contribution in [0.1, 0.15) is 22.8 Å². The summed E-state index contributed by atoms with van der Waals surface area (Å²) in [6, 6.07) is 16.5. The van der Waals surface area contributed by atoms with E-state index in [0.717, 1.165) is 10.9 Å². The average Bonchev–Trinajstić information content (AvgIpc) is 2.63. The second kappa shape index (κ2) is 7.77. The molecule has 1 N–H and O–H groups in total. The Morgan fingerprint density at radius 1 is 1.24 bits per heavy atom. The summed E-state index contributed by atoms with van der Waals surface area (Å²) in [7, 11) is 0. The number of aromatic nitrogens is 1. The van der Waals surface area contributed by atoms with E-state index in [0.29, 0.717) is 28.6 Å². The molecule has 1 aromatic heterocycles. The van der Waals surface area contributed by atoms with Crippen LogP contribution >= 0.6 is 11.6 Å². The van der Waals surface area contributed by atoms with Gasteiger partial charge in [0.25, 0.3) is 5.91 Å². The van der Waals surface area contributed by atoms with Crippen LogP contribution in [0.4, 0.5) is 0 Å². The minimum atomic E-state index is -0.356. The molecule has 0 aliphatic heterocycles. The fourth-order valence-corrected chi connectivity index (χ4v) is 2.55. The van der Waals surface area contributed by atoms with Crippen LogP contribution in [0.5, 0.6) is 5.75 Å². The maximum atomic E-state index is 12.3. The highest BCUT2D eigenvalue weighted by Gasteiger charge is 2.11. The van der Waals surface area contributed by atoms with Gasteiger partial charge in [-0.2, -0.15) is 5.10 Å². The number of rotatable bonds is 5. The number of amides is 1. The lowest BCUT2D eigenvalue weighted by Gasteiger charge is -2.08. The number of hydrogen-bond acceptors (Lipinski definition) is 4. The van der Waals surface area contributed by atoms with Gasteiger partial charge in [-0.15, -0.1) is 0 Å². The fraction of sp³-hybridized carbons (Fsp3) is 0.105. The maximum Gasteiger partial charge on any atom is 0.275 e. The lowest BCUT2D eigenvalue weighted by atomic mass is 10.2. The van der Waals surface area contributed by atoms with E-state index in [2.05, 4.69) is 15.5 Å². The Morgan fingerprint density at radius 2 is 2.00 bits per heavy atom. The molecular weight excluding hydrogens is 338 g/mol. The summed E-state index contributed by atoms with van der Waals surface area (Å²) in [6.07, 6.45) is 1.48. The molecule has 1 heterocycles. The molecule has 3 rings (SSSR count). The second-order valence-corrected chi connectivity index (χ2v) is 5.55. The lowest BCUT2D eigenvalue weighted by molar-refractivity contribution is 0.0951. The summed E-state index contributed by atoms with van der Waals surface area (Å²) in [5.74, 6) is 0.160. The standard InChI is InChI=1S/C19H16ClN3O2/c1-2-25-17-10-6-4-8-15(17)19(24)23-21-12-14-11-13-7-3-5-9-16(13)22-18(14)20/h3-12H,2H2,1H3,(H,23,24)/b21-12+. The van der Waals surface area contributed by atoms with E-state index in [1.807, 2.05) is 43.3 Å². The Labute approximate surface area is 150 Å². The summed E-state index contributed by atoms with van der Waals surface area (Å²) in [5, 5.41) is 5.25. The van der Waals surface area contributed by atoms with Gasteiger partial charge in [0.05, 0.1) is 23.9 Å². The van der Waals surface area contributed by atoms with Gasteiger partial charge in [0.2, 0.25) is 0 Å². The zero-order valence-electron chi connectivity index (χ0n) is 13.6. The van der Waals surface area contributed by atoms with Crippen LogP contribution in [-0.2, 0) is 0 Å². The Balaban J connectivity index is 1.77. The molecule has 3 aromatic rings. The fourth-order valence-electron chi connectivity index (χ4n) is 2.36. The van der Waals surface area contributed by atoms with Crippen LogP contribution in [0, 0.1) is 0 Å². The maximum absolute atomic E-state index is 12.3. The van der Waals surface area contributed by atoms with Gasteiger partial charge in [0, 0.05) is 10.9 Å². The van der Waals surface area contributed by atoms with Gasteiger partial charge < -0.3 is 4.74 Å². The van der Waals surface area contributed by atoms with Gasteiger partial charge >= 0.3 is 0 Å². The van der Waals surface area contributed by atoms with Gasteiger partial charge in [-0.3, -0.25) is 4.79 Å². The number of nitrogens with zero attached hydrogens (tertiary/aromatic N) is 2. The lowest BCUT2D eigenvalue weighted by Crippen LogP contribution is -2.18. The van der Waals surface area contributed by atoms with E-state index < -0.39 is 0 Å². The Bertz CT molecular complexity index is 941. The average molecular weight is 354 g/mol. The van der Waals surface area contributed by atoms with E-state index in [-0.39, 0.29) is 5.91 Å². The molecule has 1 amide bonds. The van der Waals surface area contributed by atoms with Crippen LogP contribution < -0.4 is 10.2 Å². The predicted octanol–water partition coefficient (Wildman–Crippen LogP) is 4.05. The van der Waals surface area contributed by atoms with Crippen molar-refractivity contribution in [2.24, 2.45) is 5.10 Å². The number of ether oxygens (including phenoxy) is 1. The molecule has 0 saturated heterocycles. The van der Waals surface area contributed by atoms with Crippen LogP contribution in [0.15, 0.2) is 59.7 Å². The molecule has 0 saturated carbocycles. The van der Waals surface area contributed by atoms with E-state index >= 15 is 0 Å². The topological polar surface area (TPSA) is 63.6 Å². The van der Waals surface area contributed by atoms with Gasteiger partial charge in [-0.25, -0.2) is 10.4 Å². The first-order valence-corrected chi connectivity index (χ1v) is 8.17. The zero-order chi connectivity index (χ0) is 17.6. The molecule has 0 unspecified atom stereocenters. The first kappa shape index (κ1) is 16.9. The largest absolute Gasteiger partial charge is 0.493 e. The first-order chi connectivity index (χ1) is 12.2. The summed E-state index contributed by atoms with van der Waals surface area (Å²) < 4.78 is 5.45. The molecule has 126 valence electrons. The molecule has 5 nitrogen and oxygen atoms in total. The minimum absolute atomic E-state index is 0.325. The van der Waals surface area contributed by atoms with Crippen molar-refractivity contribution in [2.45, 2.75) is 6.92 Å². The number of carbonyl (C=O) groups excluding carboxylic acids is 1. The van der Waals surface area contributed by atoms with Gasteiger partial charge in [0.15, 0.2) is 0 Å². The van der Waals surface area contributed by atoms with Crippen molar-refractivity contribution in [1.29, 1.82) is 0 Å². The van der Waals surface area contributed by atoms with Crippen LogP contribution in [-0.4, -0.2) is 23.7 Å². The van der Waals surface area contributed by atoms with Crippen molar-refractivity contribution >= 4 is 34.6 Å². The highest BCUT2D eigenvalue weighted by Crippen LogP contribution is 2.19. The summed E-state index contributed by atoms with van der Waals surface area (Å²) in [4.78, 5) is 16.6. The molecule has 0 aliphatic carbocycles. The second-order valence-electron chi connectivity index (χ2n) is 5.19. The van der Waals surface area contributed by atoms with Gasteiger partial charge in [-0.05, 0) is 31.2 Å². The van der Waals surface area contributed by atoms with Gasteiger partial charge in [0.1, 0.15) is 10.9 Å². The molecule has 0 bridgehead atoms. The number of hydrazone groups is 1. The molecule has 0 fully saturated rings. The van der Waals surface area contributed by atoms with Gasteiger partial charge in [-0.1, -0.05) is 41.9 Å². The zero-order valence-corrected chi connectivity index (χ0v) is 14.3. The molecule has 0 aliphatic rings. The van der Waals surface area contributed by atoms with Crippen molar-refractivity contribution < 1.29 is 9.53 Å². The quantitative estimate of drug-likeness (QED) is 0.427. The number of carbonyl (C=O) groups is 1. The summed E-state index contributed by atoms with van der Waals surface area (Å²) in [6.45, 7) is 2.34. The van der Waals surface area contributed by atoms with Crippen molar-refractivity contribution in [3.05, 3.63) is 70.9 Å². The van der Waals surface area contributed by atoms with E-state index in [1.54, 1.807) is 18.2 Å². The van der Waals surface area contributed by atoms with Crippen molar-refractivity contribution in [1.82, 2.24) is 10.4 Å². The van der Waals surface area contributed by atoms with Crippen LogP contribution in [0.3, 0.4) is 0 Å². The number of fused-ring (bicyclic) bond motifs is 1. The number of nitrogens with one attached hydrogen (secondary N) is 1. The molecule has 6 heteroatoms. The molecule has 2 aromatic carbocycles. The molecule has 0 atom stereocenters. The SMILES string of the molecule is CCOc1ccccc1C(=O)N/N=C/c1cc2ccccc2nc1Cl. The Morgan fingerprint density at radius 3 is 2.84 bits per heavy atom. The molecule has 0 spiro atoms. The molecule has 0 radical (unpaired) electrons. The van der Waals surface area contributed by atoms with E-state index in [1.165, 1.54) is 6.21 Å². The van der Waals surface area contributed by atoms with Crippen molar-refractivity contribution in [2.75, 3.05) is 6.61 Å². The molecule has 25 heavy (non-hydrogen) atoms. The van der Waals surface area contributed by atoms with E-state index in [9.17, 15) is 4.79 Å². The highest BCUT2D eigenvalue weighted by molar-refractivity contribution is 6.32.